The van der Waals surface area contributed by atoms with Crippen molar-refractivity contribution in [1.82, 2.24) is 15.3 Å². The molecule has 0 radical (unpaired) electrons. The Kier molecular flexibility index (Phi) is 5.69. The molecule has 0 aromatic carbocycles. The highest BCUT2D eigenvalue weighted by Crippen LogP contribution is 2.24. The number of hydrogen-bond acceptors (Lipinski definition) is 4. The lowest BCUT2D eigenvalue weighted by Crippen LogP contribution is -2.23. The van der Waals surface area contributed by atoms with Crippen molar-refractivity contribution in [3.05, 3.63) is 54.1 Å². The van der Waals surface area contributed by atoms with E-state index in [0.29, 0.717) is 0 Å². The molecule has 1 atom stereocenters. The molecule has 0 aliphatic heterocycles. The van der Waals surface area contributed by atoms with Crippen LogP contribution in [0.2, 0.25) is 0 Å². The van der Waals surface area contributed by atoms with Gasteiger partial charge in [-0.3, -0.25) is 9.97 Å². The molecular formula is C17H23N3O. The normalized spacial score (nSPS) is 12.4. The SMILES string of the molecule is CCCNC(c1ccncc1)c1cncc(OC(C)C)c1. The predicted molar refractivity (Wildman–Crippen MR) is 84.4 cm³/mol. The van der Waals surface area contributed by atoms with Gasteiger partial charge in [0.05, 0.1) is 18.3 Å². The third-order valence-electron chi connectivity index (χ3n) is 3.08. The van der Waals surface area contributed by atoms with Gasteiger partial charge in [0.1, 0.15) is 5.75 Å². The third kappa shape index (κ3) is 4.53. The Labute approximate surface area is 126 Å². The number of rotatable bonds is 7. The lowest BCUT2D eigenvalue weighted by atomic mass is 10.0. The number of nitrogens with one attached hydrogen (secondary N) is 1. The van der Waals surface area contributed by atoms with E-state index < -0.39 is 0 Å². The number of nitrogens with zero attached hydrogens (tertiary/aromatic N) is 2. The lowest BCUT2D eigenvalue weighted by molar-refractivity contribution is 0.241. The van der Waals surface area contributed by atoms with Gasteiger partial charge in [-0.05, 0) is 56.1 Å². The van der Waals surface area contributed by atoms with Gasteiger partial charge in [0.25, 0.3) is 0 Å². The van der Waals surface area contributed by atoms with Crippen LogP contribution in [-0.2, 0) is 0 Å². The molecule has 0 saturated heterocycles. The van der Waals surface area contributed by atoms with E-state index in [1.54, 1.807) is 6.20 Å². The average molecular weight is 285 g/mol. The van der Waals surface area contributed by atoms with Crippen molar-refractivity contribution in [2.75, 3.05) is 6.54 Å². The van der Waals surface area contributed by atoms with Crippen molar-refractivity contribution in [2.45, 2.75) is 39.3 Å². The summed E-state index contributed by atoms with van der Waals surface area (Å²) in [6.45, 7) is 7.14. The molecule has 2 heterocycles. The molecule has 0 amide bonds. The zero-order valence-electron chi connectivity index (χ0n) is 12.9. The van der Waals surface area contributed by atoms with Crippen LogP contribution in [0.1, 0.15) is 44.4 Å². The highest BCUT2D eigenvalue weighted by Gasteiger charge is 2.14. The minimum Gasteiger partial charge on any atom is -0.489 e. The second-order valence-corrected chi connectivity index (χ2v) is 5.29. The largest absolute Gasteiger partial charge is 0.489 e. The molecule has 2 rings (SSSR count). The molecular weight excluding hydrogens is 262 g/mol. The van der Waals surface area contributed by atoms with Gasteiger partial charge in [-0.2, -0.15) is 0 Å². The Morgan fingerprint density at radius 2 is 1.86 bits per heavy atom. The summed E-state index contributed by atoms with van der Waals surface area (Å²) in [7, 11) is 0. The van der Waals surface area contributed by atoms with Crippen LogP contribution in [0.25, 0.3) is 0 Å². The van der Waals surface area contributed by atoms with E-state index in [0.717, 1.165) is 24.3 Å². The second kappa shape index (κ2) is 7.74. The molecule has 0 fully saturated rings. The smallest absolute Gasteiger partial charge is 0.138 e. The van der Waals surface area contributed by atoms with E-state index in [2.05, 4.69) is 28.3 Å². The maximum atomic E-state index is 5.74. The summed E-state index contributed by atoms with van der Waals surface area (Å²) in [6.07, 6.45) is 8.51. The third-order valence-corrected chi connectivity index (χ3v) is 3.08. The number of pyridine rings is 2. The van der Waals surface area contributed by atoms with Crippen molar-refractivity contribution in [3.63, 3.8) is 0 Å². The fourth-order valence-electron chi connectivity index (χ4n) is 2.20. The molecule has 0 bridgehead atoms. The van der Waals surface area contributed by atoms with Crippen LogP contribution >= 0.6 is 0 Å². The van der Waals surface area contributed by atoms with Gasteiger partial charge in [0.2, 0.25) is 0 Å². The first kappa shape index (κ1) is 15.4. The minimum absolute atomic E-state index is 0.108. The maximum absolute atomic E-state index is 5.74. The van der Waals surface area contributed by atoms with Gasteiger partial charge in [-0.15, -0.1) is 0 Å². The summed E-state index contributed by atoms with van der Waals surface area (Å²) in [5, 5.41) is 3.56. The Morgan fingerprint density at radius 1 is 1.10 bits per heavy atom. The maximum Gasteiger partial charge on any atom is 0.138 e. The van der Waals surface area contributed by atoms with Crippen molar-refractivity contribution in [1.29, 1.82) is 0 Å². The Bertz CT molecular complexity index is 543. The quantitative estimate of drug-likeness (QED) is 0.847. The Morgan fingerprint density at radius 3 is 2.52 bits per heavy atom. The van der Waals surface area contributed by atoms with E-state index in [1.165, 1.54) is 5.56 Å². The standard InChI is InChI=1S/C17H23N3O/c1-4-7-20-17(14-5-8-18-9-6-14)15-10-16(12-19-11-15)21-13(2)3/h5-6,8-13,17,20H,4,7H2,1-3H3. The van der Waals surface area contributed by atoms with Crippen LogP contribution in [0.3, 0.4) is 0 Å². The van der Waals surface area contributed by atoms with Gasteiger partial charge in [0, 0.05) is 18.6 Å². The number of aromatic nitrogens is 2. The number of hydrogen-bond donors (Lipinski definition) is 1. The first-order valence-corrected chi connectivity index (χ1v) is 7.45. The molecule has 4 nitrogen and oxygen atoms in total. The first-order valence-electron chi connectivity index (χ1n) is 7.45. The van der Waals surface area contributed by atoms with Gasteiger partial charge in [0.15, 0.2) is 0 Å². The zero-order chi connectivity index (χ0) is 15.1. The summed E-state index contributed by atoms with van der Waals surface area (Å²) in [5.74, 6) is 0.805. The van der Waals surface area contributed by atoms with Crippen molar-refractivity contribution >= 4 is 0 Å². The summed E-state index contributed by atoms with van der Waals surface area (Å²) in [6, 6.07) is 6.23. The van der Waals surface area contributed by atoms with Gasteiger partial charge in [-0.1, -0.05) is 6.92 Å². The molecule has 2 aromatic rings. The second-order valence-electron chi connectivity index (χ2n) is 5.29. The van der Waals surface area contributed by atoms with Crippen molar-refractivity contribution in [3.8, 4) is 5.75 Å². The van der Waals surface area contributed by atoms with Gasteiger partial charge in [-0.25, -0.2) is 0 Å². The first-order chi connectivity index (χ1) is 10.2. The summed E-state index contributed by atoms with van der Waals surface area (Å²) in [5.41, 5.74) is 2.29. The highest BCUT2D eigenvalue weighted by atomic mass is 16.5. The van der Waals surface area contributed by atoms with Crippen molar-refractivity contribution in [2.24, 2.45) is 0 Å². The molecule has 0 spiro atoms. The topological polar surface area (TPSA) is 47.0 Å². The average Bonchev–Trinajstić information content (AvgIpc) is 2.48. The van der Waals surface area contributed by atoms with Gasteiger partial charge >= 0.3 is 0 Å². The number of ether oxygens (including phenoxy) is 1. The fourth-order valence-corrected chi connectivity index (χ4v) is 2.20. The van der Waals surface area contributed by atoms with Crippen LogP contribution < -0.4 is 10.1 Å². The van der Waals surface area contributed by atoms with Crippen LogP contribution in [0, 0.1) is 0 Å². The molecule has 4 heteroatoms. The molecule has 0 saturated carbocycles. The van der Waals surface area contributed by atoms with E-state index in [1.807, 2.05) is 44.6 Å². The van der Waals surface area contributed by atoms with Crippen LogP contribution in [0.15, 0.2) is 43.0 Å². The van der Waals surface area contributed by atoms with E-state index in [4.69, 9.17) is 4.74 Å². The van der Waals surface area contributed by atoms with Crippen molar-refractivity contribution < 1.29 is 4.74 Å². The monoisotopic (exact) mass is 285 g/mol. The summed E-state index contributed by atoms with van der Waals surface area (Å²) < 4.78 is 5.74. The van der Waals surface area contributed by atoms with Gasteiger partial charge < -0.3 is 10.1 Å². The van der Waals surface area contributed by atoms with Crippen LogP contribution in [-0.4, -0.2) is 22.6 Å². The van der Waals surface area contributed by atoms with E-state index in [9.17, 15) is 0 Å². The predicted octanol–water partition coefficient (Wildman–Crippen LogP) is 3.35. The summed E-state index contributed by atoms with van der Waals surface area (Å²) >= 11 is 0. The molecule has 1 unspecified atom stereocenters. The molecule has 21 heavy (non-hydrogen) atoms. The Hall–Kier alpha value is -1.94. The van der Waals surface area contributed by atoms with Crippen LogP contribution in [0.5, 0.6) is 5.75 Å². The molecule has 0 aliphatic rings. The summed E-state index contributed by atoms with van der Waals surface area (Å²) in [4.78, 5) is 8.40. The fraction of sp³-hybridized carbons (Fsp3) is 0.412. The molecule has 2 aromatic heterocycles. The van der Waals surface area contributed by atoms with Crippen LogP contribution in [0.4, 0.5) is 0 Å². The Balaban J connectivity index is 2.28. The molecule has 1 N–H and O–H groups in total. The van der Waals surface area contributed by atoms with E-state index in [-0.39, 0.29) is 12.1 Å². The zero-order valence-corrected chi connectivity index (χ0v) is 12.9. The van der Waals surface area contributed by atoms with E-state index >= 15 is 0 Å². The molecule has 0 aliphatic carbocycles. The highest BCUT2D eigenvalue weighted by molar-refractivity contribution is 5.33. The minimum atomic E-state index is 0.108. The lowest BCUT2D eigenvalue weighted by Gasteiger charge is -2.20. The molecule has 112 valence electrons.